The van der Waals surface area contributed by atoms with Crippen LogP contribution in [0.25, 0.3) is 0 Å². The van der Waals surface area contributed by atoms with Crippen LogP contribution in [0, 0.1) is 16.0 Å². The molecule has 8 heteroatoms. The number of nitrogens with one attached hydrogen (secondary N) is 1. The van der Waals surface area contributed by atoms with E-state index in [-0.39, 0.29) is 24.6 Å². The zero-order chi connectivity index (χ0) is 14.7. The van der Waals surface area contributed by atoms with Crippen LogP contribution in [0.15, 0.2) is 24.3 Å². The standard InChI is InChI=1S/C12H10N2O6/c15-9-5-20-6-10(16)11(9)12(17)13-7-2-1-3-8(4-7)14(18)19/h1-4,11H,5-6H2,(H,13,17). The molecular formula is C12H10N2O6. The maximum absolute atomic E-state index is 11.9. The number of anilines is 1. The van der Waals surface area contributed by atoms with Gasteiger partial charge in [0, 0.05) is 17.8 Å². The van der Waals surface area contributed by atoms with Gasteiger partial charge in [0.05, 0.1) is 4.92 Å². The lowest BCUT2D eigenvalue weighted by Gasteiger charge is -2.18. The lowest BCUT2D eigenvalue weighted by atomic mass is 9.96. The third-order valence-electron chi connectivity index (χ3n) is 2.72. The number of benzene rings is 1. The molecule has 1 fully saturated rings. The van der Waals surface area contributed by atoms with Gasteiger partial charge in [0.25, 0.3) is 5.69 Å². The minimum Gasteiger partial charge on any atom is -0.366 e. The monoisotopic (exact) mass is 278 g/mol. The third-order valence-corrected chi connectivity index (χ3v) is 2.72. The number of ether oxygens (including phenoxy) is 1. The van der Waals surface area contributed by atoms with Gasteiger partial charge >= 0.3 is 0 Å². The average Bonchev–Trinajstić information content (AvgIpc) is 2.38. The van der Waals surface area contributed by atoms with Crippen LogP contribution < -0.4 is 5.32 Å². The Balaban J connectivity index is 2.15. The minimum atomic E-state index is -1.41. The van der Waals surface area contributed by atoms with Gasteiger partial charge in [0.1, 0.15) is 13.2 Å². The topological polar surface area (TPSA) is 116 Å². The quantitative estimate of drug-likeness (QED) is 0.483. The summed E-state index contributed by atoms with van der Waals surface area (Å²) in [7, 11) is 0. The zero-order valence-corrected chi connectivity index (χ0v) is 10.2. The van der Waals surface area contributed by atoms with Crippen molar-refractivity contribution in [2.45, 2.75) is 0 Å². The molecule has 0 bridgehead atoms. The summed E-state index contributed by atoms with van der Waals surface area (Å²) in [5.74, 6) is -3.46. The summed E-state index contributed by atoms with van der Waals surface area (Å²) < 4.78 is 4.71. The fraction of sp³-hybridized carbons (Fsp3) is 0.250. The Labute approximate surface area is 112 Å². The van der Waals surface area contributed by atoms with Crippen molar-refractivity contribution in [2.24, 2.45) is 5.92 Å². The number of rotatable bonds is 3. The molecule has 1 heterocycles. The van der Waals surface area contributed by atoms with Crippen LogP contribution in [-0.2, 0) is 19.1 Å². The van der Waals surface area contributed by atoms with Crippen molar-refractivity contribution < 1.29 is 24.0 Å². The minimum absolute atomic E-state index is 0.149. The van der Waals surface area contributed by atoms with E-state index in [0.717, 1.165) is 6.07 Å². The SMILES string of the molecule is O=C1COCC(=O)C1C(=O)Nc1cccc([N+](=O)[O-])c1. The molecule has 104 valence electrons. The Bertz CT molecular complexity index is 581. The summed E-state index contributed by atoms with van der Waals surface area (Å²) in [6.07, 6.45) is 0. The highest BCUT2D eigenvalue weighted by molar-refractivity contribution is 6.23. The highest BCUT2D eigenvalue weighted by atomic mass is 16.6. The first-order valence-corrected chi connectivity index (χ1v) is 5.67. The number of amides is 1. The molecule has 0 aromatic heterocycles. The van der Waals surface area contributed by atoms with Crippen molar-refractivity contribution in [3.63, 3.8) is 0 Å². The third kappa shape index (κ3) is 2.86. The van der Waals surface area contributed by atoms with Crippen LogP contribution in [0.3, 0.4) is 0 Å². The number of nitro benzene ring substituents is 1. The normalized spacial score (nSPS) is 16.0. The maximum Gasteiger partial charge on any atom is 0.271 e. The largest absolute Gasteiger partial charge is 0.366 e. The van der Waals surface area contributed by atoms with E-state index in [1.54, 1.807) is 0 Å². The van der Waals surface area contributed by atoms with E-state index >= 15 is 0 Å². The molecule has 1 aliphatic heterocycles. The molecule has 0 spiro atoms. The van der Waals surface area contributed by atoms with Gasteiger partial charge in [0.2, 0.25) is 5.91 Å². The second-order valence-corrected chi connectivity index (χ2v) is 4.16. The number of non-ortho nitro benzene ring substituents is 1. The summed E-state index contributed by atoms with van der Waals surface area (Å²) in [5, 5.41) is 12.9. The Morgan fingerprint density at radius 3 is 2.55 bits per heavy atom. The van der Waals surface area contributed by atoms with Gasteiger partial charge in [-0.2, -0.15) is 0 Å². The molecule has 0 atom stereocenters. The number of hydrogen-bond donors (Lipinski definition) is 1. The average molecular weight is 278 g/mol. The number of nitrogens with zero attached hydrogens (tertiary/aromatic N) is 1. The predicted molar refractivity (Wildman–Crippen MR) is 66.0 cm³/mol. The van der Waals surface area contributed by atoms with Crippen molar-refractivity contribution in [2.75, 3.05) is 18.5 Å². The second-order valence-electron chi connectivity index (χ2n) is 4.16. The molecule has 1 amide bonds. The zero-order valence-electron chi connectivity index (χ0n) is 10.2. The van der Waals surface area contributed by atoms with Crippen LogP contribution in [0.2, 0.25) is 0 Å². The van der Waals surface area contributed by atoms with E-state index in [1.807, 2.05) is 0 Å². The molecule has 0 saturated carbocycles. The molecule has 1 saturated heterocycles. The first-order valence-electron chi connectivity index (χ1n) is 5.67. The van der Waals surface area contributed by atoms with E-state index in [2.05, 4.69) is 5.32 Å². The highest BCUT2D eigenvalue weighted by Crippen LogP contribution is 2.18. The van der Waals surface area contributed by atoms with Gasteiger partial charge < -0.3 is 10.1 Å². The molecule has 0 radical (unpaired) electrons. The first-order chi connectivity index (χ1) is 9.49. The maximum atomic E-state index is 11.9. The van der Waals surface area contributed by atoms with E-state index in [0.29, 0.717) is 0 Å². The smallest absolute Gasteiger partial charge is 0.271 e. The predicted octanol–water partition coefficient (Wildman–Crippen LogP) is 0.318. The number of hydrogen-bond acceptors (Lipinski definition) is 6. The number of carbonyl (C=O) groups is 3. The van der Waals surface area contributed by atoms with E-state index in [1.165, 1.54) is 18.2 Å². The molecule has 1 N–H and O–H groups in total. The van der Waals surface area contributed by atoms with Gasteiger partial charge in [-0.25, -0.2) is 0 Å². The molecule has 0 unspecified atom stereocenters. The lowest BCUT2D eigenvalue weighted by Crippen LogP contribution is -2.43. The molecule has 2 rings (SSSR count). The van der Waals surface area contributed by atoms with Gasteiger partial charge in [-0.1, -0.05) is 6.07 Å². The second kappa shape index (κ2) is 5.57. The van der Waals surface area contributed by atoms with Gasteiger partial charge in [-0.3, -0.25) is 24.5 Å². The van der Waals surface area contributed by atoms with Gasteiger partial charge in [-0.05, 0) is 6.07 Å². The van der Waals surface area contributed by atoms with Crippen molar-refractivity contribution in [1.29, 1.82) is 0 Å². The lowest BCUT2D eigenvalue weighted by molar-refractivity contribution is -0.384. The summed E-state index contributed by atoms with van der Waals surface area (Å²) in [6.45, 7) is -0.586. The number of Topliss-reactive ketones (excluding diaryl/α,β-unsaturated/α-hetero) is 2. The Hall–Kier alpha value is -2.61. The summed E-state index contributed by atoms with van der Waals surface area (Å²) in [5.41, 5.74) is -0.0521. The van der Waals surface area contributed by atoms with Crippen LogP contribution in [0.4, 0.5) is 11.4 Å². The molecule has 20 heavy (non-hydrogen) atoms. The van der Waals surface area contributed by atoms with Crippen LogP contribution in [-0.4, -0.2) is 35.6 Å². The Morgan fingerprint density at radius 2 is 1.95 bits per heavy atom. The van der Waals surface area contributed by atoms with Crippen molar-refractivity contribution >= 4 is 28.8 Å². The summed E-state index contributed by atoms with van der Waals surface area (Å²) in [4.78, 5) is 44.9. The molecule has 1 aliphatic rings. The first kappa shape index (κ1) is 13.8. The van der Waals surface area contributed by atoms with Crippen molar-refractivity contribution in [3.8, 4) is 0 Å². The highest BCUT2D eigenvalue weighted by Gasteiger charge is 2.37. The van der Waals surface area contributed by atoms with Crippen molar-refractivity contribution in [3.05, 3.63) is 34.4 Å². The van der Waals surface area contributed by atoms with E-state index < -0.39 is 28.3 Å². The van der Waals surface area contributed by atoms with Crippen LogP contribution in [0.1, 0.15) is 0 Å². The van der Waals surface area contributed by atoms with Gasteiger partial charge in [0.15, 0.2) is 17.5 Å². The molecule has 1 aromatic rings. The van der Waals surface area contributed by atoms with Crippen LogP contribution in [0.5, 0.6) is 0 Å². The van der Waals surface area contributed by atoms with Crippen LogP contribution >= 0.6 is 0 Å². The van der Waals surface area contributed by atoms with Crippen molar-refractivity contribution in [1.82, 2.24) is 0 Å². The molecule has 0 aliphatic carbocycles. The number of ketones is 2. The number of carbonyl (C=O) groups excluding carboxylic acids is 3. The van der Waals surface area contributed by atoms with Gasteiger partial charge in [-0.15, -0.1) is 0 Å². The Kier molecular flexibility index (Phi) is 3.85. The molecule has 1 aromatic carbocycles. The summed E-state index contributed by atoms with van der Waals surface area (Å²) in [6, 6.07) is 5.23. The molecular weight excluding hydrogens is 268 g/mol. The fourth-order valence-electron chi connectivity index (χ4n) is 1.80. The van der Waals surface area contributed by atoms with E-state index in [4.69, 9.17) is 4.74 Å². The molecule has 8 nitrogen and oxygen atoms in total. The summed E-state index contributed by atoms with van der Waals surface area (Å²) >= 11 is 0. The van der Waals surface area contributed by atoms with E-state index in [9.17, 15) is 24.5 Å². The number of nitro groups is 1. The fourth-order valence-corrected chi connectivity index (χ4v) is 1.80. The Morgan fingerprint density at radius 1 is 1.30 bits per heavy atom.